The van der Waals surface area contributed by atoms with Crippen molar-refractivity contribution >= 4 is 38.4 Å². The van der Waals surface area contributed by atoms with Gasteiger partial charge in [0.15, 0.2) is 0 Å². The summed E-state index contributed by atoms with van der Waals surface area (Å²) in [5.74, 6) is 0.985. The second kappa shape index (κ2) is 9.74. The third-order valence-corrected chi connectivity index (χ3v) is 46.9. The minimum Gasteiger partial charge on any atom is -0.147 e. The fraction of sp³-hybridized carbons (Fsp3) is 0.286. The van der Waals surface area contributed by atoms with Crippen molar-refractivity contribution in [2.45, 2.75) is 41.5 Å². The topological polar surface area (TPSA) is 0 Å². The van der Waals surface area contributed by atoms with Crippen molar-refractivity contribution in [2.75, 3.05) is 0 Å². The Morgan fingerprint density at radius 3 is 1.16 bits per heavy atom. The summed E-state index contributed by atoms with van der Waals surface area (Å²) in [5, 5.41) is 0. The summed E-state index contributed by atoms with van der Waals surface area (Å²) in [6, 6.07) is 23.1. The monoisotopic (exact) mass is 650 g/mol. The molecule has 0 heterocycles. The second-order valence-corrected chi connectivity index (χ2v) is 39.7. The number of hydrogen-bond donors (Lipinski definition) is 0. The van der Waals surface area contributed by atoms with Gasteiger partial charge in [0.2, 0.25) is 0 Å². The van der Waals surface area contributed by atoms with Crippen molar-refractivity contribution in [2.24, 2.45) is 11.8 Å². The molecule has 0 amide bonds. The van der Waals surface area contributed by atoms with E-state index in [1.165, 1.54) is 22.3 Å². The van der Waals surface area contributed by atoms with Gasteiger partial charge in [0.05, 0.1) is 0 Å². The van der Waals surface area contributed by atoms with Gasteiger partial charge in [0.25, 0.3) is 0 Å². The largest absolute Gasteiger partial charge is 0.147 e. The molecule has 0 saturated carbocycles. The Balaban J connectivity index is 0.00000181. The van der Waals surface area contributed by atoms with E-state index in [1.807, 2.05) is 0 Å². The molecule has 2 aromatic rings. The molecule has 4 rings (SSSR count). The summed E-state index contributed by atoms with van der Waals surface area (Å²) in [7, 11) is 0. The van der Waals surface area contributed by atoms with Crippen molar-refractivity contribution in [3.05, 3.63) is 102 Å². The first-order valence-electron chi connectivity index (χ1n) is 11.1. The molecule has 2 unspecified atom stereocenters. The molecule has 0 bridgehead atoms. The summed E-state index contributed by atoms with van der Waals surface area (Å²) in [6.45, 7) is 16.7. The molecule has 0 saturated heterocycles. The zero-order valence-corrected chi connectivity index (χ0v) is 26.7. The molecule has 0 N–H and O–H groups in total. The first-order chi connectivity index (χ1) is 14.2. The van der Waals surface area contributed by atoms with E-state index in [-0.39, 0.29) is 24.8 Å². The van der Waals surface area contributed by atoms with Crippen LogP contribution in [-0.2, 0) is 17.1 Å². The van der Waals surface area contributed by atoms with Crippen molar-refractivity contribution in [1.29, 1.82) is 0 Å². The van der Waals surface area contributed by atoms with Crippen LogP contribution in [0.3, 0.4) is 0 Å². The van der Waals surface area contributed by atoms with Crippen molar-refractivity contribution in [3.63, 3.8) is 0 Å². The molecule has 2 aliphatic carbocycles. The van der Waals surface area contributed by atoms with E-state index in [9.17, 15) is 0 Å². The Labute approximate surface area is 209 Å². The van der Waals surface area contributed by atoms with Crippen molar-refractivity contribution in [1.82, 2.24) is 0 Å². The van der Waals surface area contributed by atoms with Gasteiger partial charge in [-0.15, -0.1) is 24.8 Å². The Kier molecular flexibility index (Phi) is 8.31. The third kappa shape index (κ3) is 3.66. The first kappa shape index (κ1) is 27.3. The van der Waals surface area contributed by atoms with Crippen LogP contribution in [0.5, 0.6) is 0 Å². The Morgan fingerprint density at radius 1 is 0.594 bits per heavy atom. The van der Waals surface area contributed by atoms with Crippen molar-refractivity contribution in [3.8, 4) is 0 Å². The number of halogens is 2. The van der Waals surface area contributed by atoms with Gasteiger partial charge in [-0.05, 0) is 0 Å². The maximum Gasteiger partial charge on any atom is -0.147 e. The van der Waals surface area contributed by atoms with E-state index >= 15 is 0 Å². The fourth-order valence-corrected chi connectivity index (χ4v) is 48.7. The Bertz CT molecular complexity index is 1110. The van der Waals surface area contributed by atoms with E-state index in [0.29, 0.717) is 11.8 Å². The molecular formula is C28H36Cl2HfSi. The summed E-state index contributed by atoms with van der Waals surface area (Å²) in [5.41, 5.74) is 6.04. The van der Waals surface area contributed by atoms with Crippen LogP contribution in [-0.4, -0.2) is 6.94 Å². The molecular weight excluding hydrogens is 614 g/mol. The Hall–Kier alpha value is -0.933. The number of hydrogen-bond acceptors (Lipinski definition) is 0. The molecule has 0 fully saturated rings. The average molecular weight is 650 g/mol. The van der Waals surface area contributed by atoms with Crippen LogP contribution in [0.1, 0.15) is 41.5 Å². The van der Waals surface area contributed by atoms with E-state index in [4.69, 9.17) is 0 Å². The molecule has 2 aliphatic rings. The maximum atomic E-state index is 2.46. The zero-order chi connectivity index (χ0) is 21.7. The van der Waals surface area contributed by atoms with Gasteiger partial charge in [-0.1, -0.05) is 0 Å². The first-order valence-corrected chi connectivity index (χ1v) is 26.7. The van der Waals surface area contributed by atoms with E-state index < -0.39 is 17.1 Å². The number of allylic oxidation sites excluding steroid dienone is 8. The molecule has 4 heteroatoms. The smallest absolute Gasteiger partial charge is 0.147 e. The minimum atomic E-state index is -4.30. The van der Waals surface area contributed by atoms with Crippen LogP contribution < -0.4 is 6.64 Å². The molecule has 0 radical (unpaired) electrons. The zero-order valence-electron chi connectivity index (χ0n) is 20.1. The van der Waals surface area contributed by atoms with Gasteiger partial charge in [-0.2, -0.15) is 0 Å². The van der Waals surface area contributed by atoms with Crippen molar-refractivity contribution < 1.29 is 17.1 Å². The van der Waals surface area contributed by atoms with Crippen LogP contribution in [0.2, 0.25) is 0 Å². The summed E-state index contributed by atoms with van der Waals surface area (Å²) in [6.07, 6.45) is 4.93. The van der Waals surface area contributed by atoms with Crippen LogP contribution in [0.25, 0.3) is 0 Å². The molecule has 2 aromatic carbocycles. The summed E-state index contributed by atoms with van der Waals surface area (Å²) >= 11 is -4.30. The predicted molar refractivity (Wildman–Crippen MR) is 146 cm³/mol. The number of rotatable bonds is 4. The van der Waals surface area contributed by atoms with E-state index in [0.717, 1.165) is 0 Å². The van der Waals surface area contributed by atoms with Crippen LogP contribution in [0.4, 0.5) is 0 Å². The minimum absolute atomic E-state index is 0. The molecule has 0 spiro atoms. The quantitative estimate of drug-likeness (QED) is 0.334. The third-order valence-electron chi connectivity index (χ3n) is 7.98. The molecule has 170 valence electrons. The SMILES string of the molecule is CC1=CC(C)=[C]([Hf](=[SiH2])([C]2=C(C)C=C(C)C2C)([c]2ccccc2)[c]2ccccc2)C1C.Cl.Cl. The van der Waals surface area contributed by atoms with Crippen LogP contribution >= 0.6 is 24.8 Å². The molecule has 0 aliphatic heterocycles. The summed E-state index contributed by atoms with van der Waals surface area (Å²) in [4.78, 5) is 0. The maximum absolute atomic E-state index is 4.30. The molecule has 0 nitrogen and oxygen atoms in total. The predicted octanol–water partition coefficient (Wildman–Crippen LogP) is 6.46. The van der Waals surface area contributed by atoms with Gasteiger partial charge in [0, 0.05) is 0 Å². The van der Waals surface area contributed by atoms with Gasteiger partial charge in [-0.25, -0.2) is 0 Å². The standard InChI is InChI=1S/2C8H11.2C6H5.2ClH.Hf.H2Si/c2*1-6-4-7(2)8(3)5-6;2*1-2-4-6-5-3-1;;;;/h2*4,8H,1-3H3;2*1-5H;2*1H;;1H2. The Morgan fingerprint density at radius 2 is 0.906 bits per heavy atom. The number of benzene rings is 2. The van der Waals surface area contributed by atoms with Crippen LogP contribution in [0, 0.1) is 11.8 Å². The molecule has 32 heavy (non-hydrogen) atoms. The van der Waals surface area contributed by atoms with Gasteiger partial charge in [0.1, 0.15) is 0 Å². The van der Waals surface area contributed by atoms with Gasteiger partial charge in [-0.3, -0.25) is 0 Å². The normalized spacial score (nSPS) is 21.1. The van der Waals surface area contributed by atoms with E-state index in [2.05, 4.69) is 121 Å². The molecule has 2 atom stereocenters. The molecule has 0 aromatic heterocycles. The van der Waals surface area contributed by atoms with Gasteiger partial charge < -0.3 is 0 Å². The van der Waals surface area contributed by atoms with E-state index in [1.54, 1.807) is 13.3 Å². The van der Waals surface area contributed by atoms with Gasteiger partial charge >= 0.3 is 186 Å². The second-order valence-electron chi connectivity index (χ2n) is 9.60. The fourth-order valence-electron chi connectivity index (χ4n) is 6.60. The summed E-state index contributed by atoms with van der Waals surface area (Å²) < 4.78 is 6.69. The average Bonchev–Trinajstić information content (AvgIpc) is 3.16. The van der Waals surface area contributed by atoms with Crippen LogP contribution in [0.15, 0.2) is 102 Å².